The number of nitrogens with one attached hydrogen (secondary N) is 1. The molecule has 1 atom stereocenters. The number of hydrogen-bond donors (Lipinski definition) is 2. The number of aliphatic hydroxyl groups is 1. The van der Waals surface area contributed by atoms with Crippen molar-refractivity contribution in [2.75, 3.05) is 18.9 Å². The van der Waals surface area contributed by atoms with E-state index in [0.717, 1.165) is 22.0 Å². The maximum atomic E-state index is 8.75. The van der Waals surface area contributed by atoms with Crippen molar-refractivity contribution in [2.24, 2.45) is 0 Å². The highest BCUT2D eigenvalue weighted by Crippen LogP contribution is 2.28. The third-order valence-corrected chi connectivity index (χ3v) is 3.61. The van der Waals surface area contributed by atoms with Gasteiger partial charge in [0.25, 0.3) is 0 Å². The van der Waals surface area contributed by atoms with E-state index in [4.69, 9.17) is 16.7 Å². The summed E-state index contributed by atoms with van der Waals surface area (Å²) in [6, 6.07) is 6.34. The Morgan fingerprint density at radius 3 is 2.81 bits per heavy atom. The van der Waals surface area contributed by atoms with Crippen LogP contribution in [-0.4, -0.2) is 24.0 Å². The lowest BCUT2D eigenvalue weighted by Crippen LogP contribution is -2.17. The maximum Gasteiger partial charge on any atom is 0.0525 e. The predicted molar refractivity (Wildman–Crippen MR) is 71.4 cm³/mol. The van der Waals surface area contributed by atoms with E-state index in [1.807, 2.05) is 6.07 Å². The molecular weight excluding hydrogens is 242 g/mol. The molecule has 2 N–H and O–H groups in total. The van der Waals surface area contributed by atoms with Crippen molar-refractivity contribution in [3.8, 4) is 0 Å². The molecule has 0 saturated heterocycles. The van der Waals surface area contributed by atoms with Crippen LogP contribution in [0, 0.1) is 0 Å². The minimum absolute atomic E-state index is 0.192. The Bertz CT molecular complexity index is 333. The number of aliphatic hydroxyl groups excluding tert-OH is 1. The van der Waals surface area contributed by atoms with Gasteiger partial charge in [-0.25, -0.2) is 0 Å². The van der Waals surface area contributed by atoms with Crippen LogP contribution in [0.2, 0.25) is 5.02 Å². The zero-order valence-electron chi connectivity index (χ0n) is 9.66. The minimum atomic E-state index is 0.192. The molecule has 0 radical (unpaired) electrons. The summed E-state index contributed by atoms with van der Waals surface area (Å²) in [4.78, 5) is 1.10. The quantitative estimate of drug-likeness (QED) is 0.770. The van der Waals surface area contributed by atoms with E-state index in [1.54, 1.807) is 11.8 Å². The summed E-state index contributed by atoms with van der Waals surface area (Å²) in [6.45, 7) is 5.30. The van der Waals surface area contributed by atoms with Crippen molar-refractivity contribution in [3.63, 3.8) is 0 Å². The Balaban J connectivity index is 2.74. The van der Waals surface area contributed by atoms with Crippen molar-refractivity contribution >= 4 is 23.4 Å². The number of halogens is 1. The molecule has 1 aromatic rings. The second kappa shape index (κ2) is 7.17. The Morgan fingerprint density at radius 1 is 1.50 bits per heavy atom. The highest BCUT2D eigenvalue weighted by atomic mass is 35.5. The highest BCUT2D eigenvalue weighted by Gasteiger charge is 2.08. The first-order valence-electron chi connectivity index (χ1n) is 5.45. The van der Waals surface area contributed by atoms with Crippen LogP contribution < -0.4 is 5.32 Å². The molecule has 0 aliphatic rings. The number of hydrogen-bond acceptors (Lipinski definition) is 3. The number of rotatable bonds is 6. The maximum absolute atomic E-state index is 8.75. The molecule has 0 saturated carbocycles. The van der Waals surface area contributed by atoms with Crippen molar-refractivity contribution < 1.29 is 5.11 Å². The average molecular weight is 260 g/mol. The van der Waals surface area contributed by atoms with Gasteiger partial charge in [0.15, 0.2) is 0 Å². The van der Waals surface area contributed by atoms with E-state index in [-0.39, 0.29) is 12.6 Å². The summed E-state index contributed by atoms with van der Waals surface area (Å²) in [7, 11) is 0. The molecule has 1 unspecified atom stereocenters. The van der Waals surface area contributed by atoms with E-state index in [0.29, 0.717) is 5.75 Å². The molecule has 0 spiro atoms. The van der Waals surface area contributed by atoms with Gasteiger partial charge in [-0.15, -0.1) is 11.8 Å². The molecule has 0 amide bonds. The van der Waals surface area contributed by atoms with Gasteiger partial charge >= 0.3 is 0 Å². The third kappa shape index (κ3) is 3.98. The van der Waals surface area contributed by atoms with Crippen LogP contribution in [0.3, 0.4) is 0 Å². The lowest BCUT2D eigenvalue weighted by atomic mass is 10.1. The standard InChI is InChI=1S/C12H18ClNOS/c1-3-14-9(2)11-5-4-10(8-12(11)13)16-7-6-15/h4-5,8-9,14-15H,3,6-7H2,1-2H3. The fourth-order valence-corrected chi connectivity index (χ4v) is 2.63. The molecule has 4 heteroatoms. The molecule has 0 heterocycles. The molecule has 0 fully saturated rings. The van der Waals surface area contributed by atoms with Gasteiger partial charge in [0, 0.05) is 21.7 Å². The van der Waals surface area contributed by atoms with Crippen LogP contribution in [0.1, 0.15) is 25.5 Å². The van der Waals surface area contributed by atoms with Crippen LogP contribution in [0.4, 0.5) is 0 Å². The summed E-state index contributed by atoms with van der Waals surface area (Å²) in [6.07, 6.45) is 0. The van der Waals surface area contributed by atoms with E-state index < -0.39 is 0 Å². The molecule has 16 heavy (non-hydrogen) atoms. The van der Waals surface area contributed by atoms with Crippen LogP contribution in [0.15, 0.2) is 23.1 Å². The van der Waals surface area contributed by atoms with E-state index in [9.17, 15) is 0 Å². The van der Waals surface area contributed by atoms with E-state index in [1.165, 1.54) is 0 Å². The second-order valence-corrected chi connectivity index (χ2v) is 5.11. The molecule has 0 aliphatic heterocycles. The Kier molecular flexibility index (Phi) is 6.21. The van der Waals surface area contributed by atoms with Crippen LogP contribution in [-0.2, 0) is 0 Å². The molecule has 0 aliphatic carbocycles. The fourth-order valence-electron chi connectivity index (χ4n) is 1.53. The molecule has 2 nitrogen and oxygen atoms in total. The van der Waals surface area contributed by atoms with Gasteiger partial charge in [-0.2, -0.15) is 0 Å². The first kappa shape index (κ1) is 13.8. The van der Waals surface area contributed by atoms with Crippen LogP contribution in [0.5, 0.6) is 0 Å². The van der Waals surface area contributed by atoms with Crippen molar-refractivity contribution in [3.05, 3.63) is 28.8 Å². The van der Waals surface area contributed by atoms with Crippen LogP contribution >= 0.6 is 23.4 Å². The van der Waals surface area contributed by atoms with Gasteiger partial charge in [-0.3, -0.25) is 0 Å². The Morgan fingerprint density at radius 2 is 2.25 bits per heavy atom. The van der Waals surface area contributed by atoms with Crippen molar-refractivity contribution in [2.45, 2.75) is 24.8 Å². The second-order valence-electron chi connectivity index (χ2n) is 3.53. The highest BCUT2D eigenvalue weighted by molar-refractivity contribution is 7.99. The zero-order chi connectivity index (χ0) is 12.0. The fraction of sp³-hybridized carbons (Fsp3) is 0.500. The van der Waals surface area contributed by atoms with E-state index >= 15 is 0 Å². The van der Waals surface area contributed by atoms with Gasteiger partial charge in [0.2, 0.25) is 0 Å². The molecule has 0 aromatic heterocycles. The third-order valence-electron chi connectivity index (χ3n) is 2.31. The van der Waals surface area contributed by atoms with Gasteiger partial charge in [-0.05, 0) is 31.2 Å². The lowest BCUT2D eigenvalue weighted by molar-refractivity contribution is 0.322. The molecule has 1 rings (SSSR count). The first-order chi connectivity index (χ1) is 7.69. The molecule has 0 bridgehead atoms. The van der Waals surface area contributed by atoms with Gasteiger partial charge in [0.1, 0.15) is 0 Å². The molecular formula is C12H18ClNOS. The van der Waals surface area contributed by atoms with Gasteiger partial charge in [0.05, 0.1) is 6.61 Å². The number of benzene rings is 1. The lowest BCUT2D eigenvalue weighted by Gasteiger charge is -2.15. The summed E-state index contributed by atoms with van der Waals surface area (Å²) in [5.74, 6) is 0.707. The average Bonchev–Trinajstić information content (AvgIpc) is 2.26. The summed E-state index contributed by atoms with van der Waals surface area (Å²) in [5.41, 5.74) is 1.12. The largest absolute Gasteiger partial charge is 0.396 e. The van der Waals surface area contributed by atoms with Gasteiger partial charge < -0.3 is 10.4 Å². The smallest absolute Gasteiger partial charge is 0.0525 e. The molecule has 90 valence electrons. The van der Waals surface area contributed by atoms with Crippen molar-refractivity contribution in [1.82, 2.24) is 5.32 Å². The Labute approximate surface area is 106 Å². The summed E-state index contributed by atoms with van der Waals surface area (Å²) < 4.78 is 0. The number of thioether (sulfide) groups is 1. The summed E-state index contributed by atoms with van der Waals surface area (Å²) >= 11 is 7.84. The van der Waals surface area contributed by atoms with Crippen LogP contribution in [0.25, 0.3) is 0 Å². The topological polar surface area (TPSA) is 32.3 Å². The Hall–Kier alpha value is -0.220. The SMILES string of the molecule is CCNC(C)c1ccc(SCCO)cc1Cl. The minimum Gasteiger partial charge on any atom is -0.396 e. The first-order valence-corrected chi connectivity index (χ1v) is 6.81. The normalized spacial score (nSPS) is 12.8. The predicted octanol–water partition coefficient (Wildman–Crippen LogP) is 3.09. The molecule has 1 aromatic carbocycles. The monoisotopic (exact) mass is 259 g/mol. The van der Waals surface area contributed by atoms with Gasteiger partial charge in [-0.1, -0.05) is 24.6 Å². The summed E-state index contributed by atoms with van der Waals surface area (Å²) in [5, 5.41) is 12.9. The van der Waals surface area contributed by atoms with Crippen molar-refractivity contribution in [1.29, 1.82) is 0 Å². The zero-order valence-corrected chi connectivity index (χ0v) is 11.2. The van der Waals surface area contributed by atoms with E-state index in [2.05, 4.69) is 31.3 Å².